The number of nitrogens with zero attached hydrogens (tertiary/aromatic N) is 1. The Bertz CT molecular complexity index is 759. The number of benzene rings is 2. The van der Waals surface area contributed by atoms with Crippen LogP contribution >= 0.6 is 0 Å². The molecule has 1 aliphatic rings. The first kappa shape index (κ1) is 17.0. The van der Waals surface area contributed by atoms with Gasteiger partial charge in [0.2, 0.25) is 10.0 Å². The Hall–Kier alpha value is -1.89. The Morgan fingerprint density at radius 1 is 1.08 bits per heavy atom. The maximum atomic E-state index is 12.6. The highest BCUT2D eigenvalue weighted by Gasteiger charge is 2.29. The van der Waals surface area contributed by atoms with E-state index in [1.807, 2.05) is 30.3 Å². The molecule has 5 nitrogen and oxygen atoms in total. The van der Waals surface area contributed by atoms with Crippen LogP contribution in [0.2, 0.25) is 0 Å². The summed E-state index contributed by atoms with van der Waals surface area (Å²) in [5.41, 5.74) is 1.05. The normalized spacial score (nSPS) is 19.1. The zero-order valence-electron chi connectivity index (χ0n) is 13.3. The lowest BCUT2D eigenvalue weighted by molar-refractivity contribution is 0.108. The minimum Gasteiger partial charge on any atom is -0.489 e. The van der Waals surface area contributed by atoms with Crippen LogP contribution in [0, 0.1) is 0 Å². The van der Waals surface area contributed by atoms with Gasteiger partial charge >= 0.3 is 0 Å². The average Bonchev–Trinajstić information content (AvgIpc) is 2.61. The first-order chi connectivity index (χ1) is 11.6. The van der Waals surface area contributed by atoms with Gasteiger partial charge in [-0.25, -0.2) is 8.42 Å². The third kappa shape index (κ3) is 3.95. The highest BCUT2D eigenvalue weighted by molar-refractivity contribution is 7.89. The topological polar surface area (TPSA) is 66.8 Å². The summed E-state index contributed by atoms with van der Waals surface area (Å²) in [6.45, 7) is 1.05. The smallest absolute Gasteiger partial charge is 0.243 e. The number of piperidine rings is 1. The molecule has 0 aliphatic carbocycles. The summed E-state index contributed by atoms with van der Waals surface area (Å²) >= 11 is 0. The molecule has 3 rings (SSSR count). The van der Waals surface area contributed by atoms with Gasteiger partial charge in [-0.3, -0.25) is 0 Å². The van der Waals surface area contributed by atoms with E-state index in [1.54, 1.807) is 24.3 Å². The van der Waals surface area contributed by atoms with Gasteiger partial charge < -0.3 is 9.84 Å². The lowest BCUT2D eigenvalue weighted by atomic mass is 10.1. The van der Waals surface area contributed by atoms with Crippen LogP contribution in [0.1, 0.15) is 18.4 Å². The quantitative estimate of drug-likeness (QED) is 0.902. The van der Waals surface area contributed by atoms with E-state index >= 15 is 0 Å². The van der Waals surface area contributed by atoms with Gasteiger partial charge in [0, 0.05) is 13.1 Å². The van der Waals surface area contributed by atoms with Crippen molar-refractivity contribution in [1.82, 2.24) is 4.31 Å². The first-order valence-corrected chi connectivity index (χ1v) is 9.45. The number of sulfonamides is 1. The first-order valence-electron chi connectivity index (χ1n) is 8.01. The second-order valence-electron chi connectivity index (χ2n) is 5.90. The van der Waals surface area contributed by atoms with Crippen molar-refractivity contribution in [2.75, 3.05) is 13.1 Å². The number of rotatable bonds is 5. The molecule has 128 valence electrons. The standard InChI is InChI=1S/C18H21NO4S/c20-16-7-4-12-19(13-16)24(21,22)18-10-8-17(9-11-18)23-14-15-5-2-1-3-6-15/h1-3,5-6,8-11,16,20H,4,7,12-14H2/t16-/m1/s1. The van der Waals surface area contributed by atoms with Crippen LogP contribution in [0.25, 0.3) is 0 Å². The molecule has 6 heteroatoms. The summed E-state index contributed by atoms with van der Waals surface area (Å²) in [6, 6.07) is 16.2. The minimum atomic E-state index is -3.56. The zero-order valence-corrected chi connectivity index (χ0v) is 14.2. The monoisotopic (exact) mass is 347 g/mol. The van der Waals surface area contributed by atoms with E-state index in [0.29, 0.717) is 31.7 Å². The van der Waals surface area contributed by atoms with Crippen molar-refractivity contribution >= 4 is 10.0 Å². The van der Waals surface area contributed by atoms with Crippen LogP contribution in [0.5, 0.6) is 5.75 Å². The van der Waals surface area contributed by atoms with Gasteiger partial charge in [-0.15, -0.1) is 0 Å². The van der Waals surface area contributed by atoms with E-state index in [2.05, 4.69) is 0 Å². The number of aliphatic hydroxyl groups excluding tert-OH is 1. The van der Waals surface area contributed by atoms with Crippen molar-refractivity contribution < 1.29 is 18.3 Å². The SMILES string of the molecule is O=S(=O)(c1ccc(OCc2ccccc2)cc1)N1CCC[C@@H](O)C1. The molecule has 1 N–H and O–H groups in total. The molecule has 1 heterocycles. The predicted octanol–water partition coefficient (Wildman–Crippen LogP) is 2.41. The summed E-state index contributed by atoms with van der Waals surface area (Å²) in [5, 5.41) is 9.69. The fourth-order valence-corrected chi connectivity index (χ4v) is 4.25. The van der Waals surface area contributed by atoms with Crippen molar-refractivity contribution in [2.24, 2.45) is 0 Å². The van der Waals surface area contributed by atoms with Gasteiger partial charge in [-0.1, -0.05) is 30.3 Å². The Balaban J connectivity index is 1.67. The average molecular weight is 347 g/mol. The van der Waals surface area contributed by atoms with Gasteiger partial charge in [0.1, 0.15) is 12.4 Å². The van der Waals surface area contributed by atoms with Gasteiger partial charge in [0.05, 0.1) is 11.0 Å². The van der Waals surface area contributed by atoms with Crippen LogP contribution in [0.4, 0.5) is 0 Å². The Morgan fingerprint density at radius 2 is 1.79 bits per heavy atom. The van der Waals surface area contributed by atoms with Gasteiger partial charge in [0.25, 0.3) is 0 Å². The Kier molecular flexibility index (Phi) is 5.18. The van der Waals surface area contributed by atoms with Gasteiger partial charge in [-0.05, 0) is 42.7 Å². The fraction of sp³-hybridized carbons (Fsp3) is 0.333. The maximum Gasteiger partial charge on any atom is 0.243 e. The molecule has 1 fully saturated rings. The van der Waals surface area contributed by atoms with E-state index in [9.17, 15) is 13.5 Å². The number of ether oxygens (including phenoxy) is 1. The Labute approximate surface area is 142 Å². The van der Waals surface area contributed by atoms with E-state index in [-0.39, 0.29) is 11.4 Å². The molecule has 1 aliphatic heterocycles. The molecule has 1 saturated heterocycles. The van der Waals surface area contributed by atoms with Gasteiger partial charge in [0.15, 0.2) is 0 Å². The van der Waals surface area contributed by atoms with E-state index < -0.39 is 16.1 Å². The summed E-state index contributed by atoms with van der Waals surface area (Å²) in [7, 11) is -3.56. The molecule has 0 amide bonds. The molecule has 0 saturated carbocycles. The van der Waals surface area contributed by atoms with Crippen LogP contribution in [0.15, 0.2) is 59.5 Å². The highest BCUT2D eigenvalue weighted by atomic mass is 32.2. The molecule has 0 spiro atoms. The van der Waals surface area contributed by atoms with E-state index in [1.165, 1.54) is 4.31 Å². The van der Waals surface area contributed by atoms with Crippen LogP contribution in [-0.4, -0.2) is 37.0 Å². The van der Waals surface area contributed by atoms with Crippen LogP contribution in [-0.2, 0) is 16.6 Å². The van der Waals surface area contributed by atoms with Crippen LogP contribution in [0.3, 0.4) is 0 Å². The maximum absolute atomic E-state index is 12.6. The van der Waals surface area contributed by atoms with Crippen molar-refractivity contribution in [3.63, 3.8) is 0 Å². The molecular formula is C18H21NO4S. The van der Waals surface area contributed by atoms with E-state index in [0.717, 1.165) is 5.56 Å². The molecule has 24 heavy (non-hydrogen) atoms. The molecule has 2 aromatic carbocycles. The minimum absolute atomic E-state index is 0.161. The zero-order chi connectivity index (χ0) is 17.0. The summed E-state index contributed by atoms with van der Waals surface area (Å²) in [5.74, 6) is 0.622. The van der Waals surface area contributed by atoms with Crippen LogP contribution < -0.4 is 4.74 Å². The van der Waals surface area contributed by atoms with E-state index in [4.69, 9.17) is 4.74 Å². The largest absolute Gasteiger partial charge is 0.489 e. The summed E-state index contributed by atoms with van der Waals surface area (Å²) < 4.78 is 32.2. The second-order valence-corrected chi connectivity index (χ2v) is 7.84. The number of hydrogen-bond donors (Lipinski definition) is 1. The van der Waals surface area contributed by atoms with Crippen molar-refractivity contribution in [2.45, 2.75) is 30.4 Å². The summed E-state index contributed by atoms with van der Waals surface area (Å²) in [4.78, 5) is 0.226. The van der Waals surface area contributed by atoms with Crippen molar-refractivity contribution in [1.29, 1.82) is 0 Å². The predicted molar refractivity (Wildman–Crippen MR) is 91.2 cm³/mol. The number of hydrogen-bond acceptors (Lipinski definition) is 4. The molecule has 0 bridgehead atoms. The fourth-order valence-electron chi connectivity index (χ4n) is 2.74. The van der Waals surface area contributed by atoms with Crippen molar-refractivity contribution in [3.8, 4) is 5.75 Å². The number of β-amino-alcohol motifs (C(OH)–C–C–N with tert-alkyl or cyclic N) is 1. The Morgan fingerprint density at radius 3 is 2.46 bits per heavy atom. The molecule has 1 atom stereocenters. The lowest BCUT2D eigenvalue weighted by Crippen LogP contribution is -2.42. The third-order valence-corrected chi connectivity index (χ3v) is 5.95. The molecule has 0 unspecified atom stereocenters. The third-order valence-electron chi connectivity index (χ3n) is 4.07. The lowest BCUT2D eigenvalue weighted by Gasteiger charge is -2.29. The highest BCUT2D eigenvalue weighted by Crippen LogP contribution is 2.23. The summed E-state index contributed by atoms with van der Waals surface area (Å²) in [6.07, 6.45) is 0.749. The molecule has 2 aromatic rings. The van der Waals surface area contributed by atoms with Crippen molar-refractivity contribution in [3.05, 3.63) is 60.2 Å². The molecule has 0 radical (unpaired) electrons. The molecule has 0 aromatic heterocycles. The number of aliphatic hydroxyl groups is 1. The molecular weight excluding hydrogens is 326 g/mol. The van der Waals surface area contributed by atoms with Gasteiger partial charge in [-0.2, -0.15) is 4.31 Å². The second kappa shape index (κ2) is 7.34.